The van der Waals surface area contributed by atoms with Crippen LogP contribution in [0.5, 0.6) is 0 Å². The minimum absolute atomic E-state index is 0.800. The van der Waals surface area contributed by atoms with Gasteiger partial charge < -0.3 is 0 Å². The highest BCUT2D eigenvalue weighted by molar-refractivity contribution is 8.16. The molecule has 0 aromatic rings. The summed E-state index contributed by atoms with van der Waals surface area (Å²) in [7, 11) is 0. The van der Waals surface area contributed by atoms with Gasteiger partial charge >= 0.3 is 0 Å². The van der Waals surface area contributed by atoms with Crippen molar-refractivity contribution in [3.05, 3.63) is 0 Å². The molecule has 0 unspecified atom stereocenters. The standard InChI is InChI=1S/C6H12S9/c1-2(7)3(8,9)5(12,13)6(14,15)4(2,10)11/h7-15H,1H3. The molecule has 0 heterocycles. The molecule has 0 aromatic heterocycles. The summed E-state index contributed by atoms with van der Waals surface area (Å²) in [5, 5.41) is 0. The Labute approximate surface area is 140 Å². The summed E-state index contributed by atoms with van der Waals surface area (Å²) in [4.78, 5) is 0. The molecule has 1 aliphatic carbocycles. The van der Waals surface area contributed by atoms with Gasteiger partial charge in [-0.25, -0.2) is 0 Å². The van der Waals surface area contributed by atoms with Crippen LogP contribution in [0.1, 0.15) is 6.92 Å². The maximum absolute atomic E-state index is 4.54. The minimum atomic E-state index is -1.03. The van der Waals surface area contributed by atoms with E-state index in [-0.39, 0.29) is 0 Å². The predicted molar refractivity (Wildman–Crippen MR) is 100 cm³/mol. The van der Waals surface area contributed by atoms with E-state index in [9.17, 15) is 0 Å². The third-order valence-electron chi connectivity index (χ3n) is 2.82. The summed E-state index contributed by atoms with van der Waals surface area (Å²) >= 11 is 40.2. The van der Waals surface area contributed by atoms with Gasteiger partial charge in [0.1, 0.15) is 8.16 Å². The molecule has 0 N–H and O–H groups in total. The lowest BCUT2D eigenvalue weighted by Gasteiger charge is -2.41. The van der Waals surface area contributed by atoms with Gasteiger partial charge in [0.05, 0.1) is 12.9 Å². The van der Waals surface area contributed by atoms with Crippen LogP contribution in [0, 0.1) is 0 Å². The van der Waals surface area contributed by atoms with Crippen molar-refractivity contribution in [2.45, 2.75) is 28.0 Å². The van der Waals surface area contributed by atoms with Gasteiger partial charge in [-0.3, -0.25) is 0 Å². The molecular formula is C6H12S9. The second kappa shape index (κ2) is 4.07. The van der Waals surface area contributed by atoms with Gasteiger partial charge in [-0.15, -0.1) is 0 Å². The largest absolute Gasteiger partial charge is 0.168 e. The van der Waals surface area contributed by atoms with E-state index in [0.717, 1.165) is 0 Å². The first-order chi connectivity index (χ1) is 6.25. The van der Waals surface area contributed by atoms with Crippen LogP contribution in [0.25, 0.3) is 0 Å². The Bertz CT molecular complexity index is 199. The zero-order valence-corrected chi connectivity index (χ0v) is 15.6. The number of hydrogen-bond donors (Lipinski definition) is 9. The first-order valence-corrected chi connectivity index (χ1v) is 7.79. The van der Waals surface area contributed by atoms with E-state index in [1.807, 2.05) is 6.92 Å². The third kappa shape index (κ3) is 1.70. The average molecular weight is 373 g/mol. The number of thiol groups is 9. The van der Waals surface area contributed by atoms with Gasteiger partial charge in [-0.05, 0) is 6.92 Å². The Kier molecular flexibility index (Phi) is 4.40. The lowest BCUT2D eigenvalue weighted by Crippen LogP contribution is -2.48. The van der Waals surface area contributed by atoms with E-state index in [4.69, 9.17) is 0 Å². The average Bonchev–Trinajstić information content (AvgIpc) is 2.04. The van der Waals surface area contributed by atoms with Crippen LogP contribution in [0.15, 0.2) is 0 Å². The van der Waals surface area contributed by atoms with Gasteiger partial charge in [0.2, 0.25) is 0 Å². The minimum Gasteiger partial charge on any atom is -0.168 e. The molecule has 0 bridgehead atoms. The van der Waals surface area contributed by atoms with Crippen LogP contribution < -0.4 is 0 Å². The first kappa shape index (κ1) is 16.2. The highest BCUT2D eigenvalue weighted by Crippen LogP contribution is 2.74. The fourth-order valence-corrected chi connectivity index (χ4v) is 6.06. The highest BCUT2D eigenvalue weighted by atomic mass is 32.2. The van der Waals surface area contributed by atoms with Gasteiger partial charge in [-0.2, -0.15) is 114 Å². The Hall–Kier alpha value is 3.15. The molecule has 0 aromatic carbocycles. The van der Waals surface area contributed by atoms with Crippen molar-refractivity contribution < 1.29 is 0 Å². The third-order valence-corrected chi connectivity index (χ3v) is 12.1. The Morgan fingerprint density at radius 3 is 0.733 bits per heavy atom. The Morgan fingerprint density at radius 2 is 0.667 bits per heavy atom. The van der Waals surface area contributed by atoms with Crippen molar-refractivity contribution in [1.29, 1.82) is 0 Å². The van der Waals surface area contributed by atoms with Crippen LogP contribution >= 0.6 is 114 Å². The van der Waals surface area contributed by atoms with Gasteiger partial charge in [0, 0.05) is 0 Å². The Morgan fingerprint density at radius 1 is 0.467 bits per heavy atom. The molecule has 0 atom stereocenters. The van der Waals surface area contributed by atoms with Crippen molar-refractivity contribution in [3.8, 4) is 0 Å². The molecule has 1 saturated carbocycles. The van der Waals surface area contributed by atoms with E-state index >= 15 is 0 Å². The molecule has 0 aliphatic heterocycles. The topological polar surface area (TPSA) is 0 Å². The van der Waals surface area contributed by atoms with Gasteiger partial charge in [0.25, 0.3) is 0 Å². The van der Waals surface area contributed by atoms with Crippen LogP contribution in [0.2, 0.25) is 0 Å². The van der Waals surface area contributed by atoms with E-state index in [2.05, 4.69) is 114 Å². The van der Waals surface area contributed by atoms with Crippen molar-refractivity contribution in [3.63, 3.8) is 0 Å². The Balaban J connectivity index is 3.55. The second-order valence-electron chi connectivity index (χ2n) is 3.76. The van der Waals surface area contributed by atoms with Gasteiger partial charge in [-0.1, -0.05) is 0 Å². The van der Waals surface area contributed by atoms with Crippen LogP contribution in [0.4, 0.5) is 0 Å². The summed E-state index contributed by atoms with van der Waals surface area (Å²) in [5.41, 5.74) is 0. The van der Waals surface area contributed by atoms with E-state index in [0.29, 0.717) is 0 Å². The molecule has 0 nitrogen and oxygen atoms in total. The van der Waals surface area contributed by atoms with E-state index in [1.54, 1.807) is 0 Å². The molecule has 0 saturated heterocycles. The first-order valence-electron chi connectivity index (χ1n) is 3.76. The SMILES string of the molecule is CC1(S)C(S)(S)C(S)(S)C(S)(S)C1(S)S. The summed E-state index contributed by atoms with van der Waals surface area (Å²) in [6.45, 7) is 1.81. The van der Waals surface area contributed by atoms with Crippen LogP contribution in [-0.4, -0.2) is 21.1 Å². The molecule has 15 heavy (non-hydrogen) atoms. The molecule has 90 valence electrons. The fourth-order valence-electron chi connectivity index (χ4n) is 1.41. The van der Waals surface area contributed by atoms with Crippen molar-refractivity contribution in [1.82, 2.24) is 0 Å². The zero-order valence-electron chi connectivity index (χ0n) is 7.52. The highest BCUT2D eigenvalue weighted by Gasteiger charge is 2.79. The molecule has 1 fully saturated rings. The predicted octanol–water partition coefficient (Wildman–Crippen LogP) is 2.91. The fraction of sp³-hybridized carbons (Fsp3) is 1.00. The lowest BCUT2D eigenvalue weighted by atomic mass is 10.1. The van der Waals surface area contributed by atoms with Crippen molar-refractivity contribution >= 4 is 114 Å². The van der Waals surface area contributed by atoms with Crippen LogP contribution in [-0.2, 0) is 0 Å². The molecule has 9 heteroatoms. The van der Waals surface area contributed by atoms with Gasteiger partial charge in [0.15, 0.2) is 0 Å². The molecule has 0 amide bonds. The zero-order chi connectivity index (χ0) is 12.5. The van der Waals surface area contributed by atoms with Crippen molar-refractivity contribution in [2.24, 2.45) is 0 Å². The van der Waals surface area contributed by atoms with Crippen molar-refractivity contribution in [2.75, 3.05) is 0 Å². The molecule has 0 spiro atoms. The molecule has 1 aliphatic rings. The summed E-state index contributed by atoms with van der Waals surface area (Å²) in [6.07, 6.45) is 0. The lowest BCUT2D eigenvalue weighted by molar-refractivity contribution is 0.653. The smallest absolute Gasteiger partial charge is 0.106 e. The monoisotopic (exact) mass is 372 g/mol. The van der Waals surface area contributed by atoms with E-state index < -0.39 is 21.1 Å². The van der Waals surface area contributed by atoms with Crippen LogP contribution in [0.3, 0.4) is 0 Å². The number of rotatable bonds is 0. The molecule has 0 radical (unpaired) electrons. The second-order valence-corrected chi connectivity index (χ2v) is 11.4. The maximum atomic E-state index is 4.54. The normalized spacial score (nSPS) is 34.0. The molecule has 1 rings (SSSR count). The summed E-state index contributed by atoms with van der Waals surface area (Å²) in [6, 6.07) is 0. The summed E-state index contributed by atoms with van der Waals surface area (Å²) < 4.78 is -4.80. The quantitative estimate of drug-likeness (QED) is 0.227. The maximum Gasteiger partial charge on any atom is 0.106 e. The van der Waals surface area contributed by atoms with E-state index in [1.165, 1.54) is 0 Å². The summed E-state index contributed by atoms with van der Waals surface area (Å²) in [5.74, 6) is 0. The number of hydrogen-bond acceptors (Lipinski definition) is 9. The molecular weight excluding hydrogens is 361 g/mol.